The van der Waals surface area contributed by atoms with Gasteiger partial charge >= 0.3 is 0 Å². The van der Waals surface area contributed by atoms with Crippen molar-refractivity contribution in [2.45, 2.75) is 10.4 Å². The van der Waals surface area contributed by atoms with Crippen molar-refractivity contribution in [1.82, 2.24) is 14.8 Å². The van der Waals surface area contributed by atoms with Gasteiger partial charge < -0.3 is 14.6 Å². The second kappa shape index (κ2) is 10.1. The van der Waals surface area contributed by atoms with Gasteiger partial charge in [-0.1, -0.05) is 53.7 Å². The lowest BCUT2D eigenvalue weighted by atomic mass is 10.1. The highest BCUT2D eigenvalue weighted by Gasteiger charge is 2.25. The van der Waals surface area contributed by atoms with Gasteiger partial charge in [0.05, 0.1) is 12.1 Å². The molecule has 3 aromatic carbocycles. The first-order chi connectivity index (χ1) is 16.0. The lowest BCUT2D eigenvalue weighted by Crippen LogP contribution is -2.19. The van der Waals surface area contributed by atoms with Gasteiger partial charge in [-0.05, 0) is 48.0 Å². The van der Waals surface area contributed by atoms with Crippen LogP contribution < -0.4 is 10.1 Å². The number of methoxy groups -OCH3 is 1. The predicted molar refractivity (Wildman–Crippen MR) is 128 cm³/mol. The molecule has 4 rings (SSSR count). The Morgan fingerprint density at radius 3 is 2.48 bits per heavy atom. The fourth-order valence-electron chi connectivity index (χ4n) is 3.23. The van der Waals surface area contributed by atoms with E-state index in [2.05, 4.69) is 15.5 Å². The molecular formula is C24H20ClFN4O2S. The molecule has 4 aromatic rings. The van der Waals surface area contributed by atoms with Crippen LogP contribution in [0.15, 0.2) is 78.0 Å². The van der Waals surface area contributed by atoms with Crippen molar-refractivity contribution in [3.63, 3.8) is 0 Å². The Kier molecular flexibility index (Phi) is 6.96. The molecular weight excluding hydrogens is 463 g/mol. The number of nitrogens with zero attached hydrogens (tertiary/aromatic N) is 3. The number of carbonyl (C=O) groups excluding carboxylic acids is 1. The topological polar surface area (TPSA) is 69.0 Å². The minimum atomic E-state index is -0.601. The first-order valence-corrected chi connectivity index (χ1v) is 11.2. The smallest absolute Gasteiger partial charge is 0.242 e. The van der Waals surface area contributed by atoms with Gasteiger partial charge in [0, 0.05) is 18.3 Å². The molecule has 0 aliphatic carbocycles. The quantitative estimate of drug-likeness (QED) is 0.339. The number of benzene rings is 3. The fraction of sp³-hybridized carbons (Fsp3) is 0.125. The minimum absolute atomic E-state index is 0.237. The third-order valence-corrected chi connectivity index (χ3v) is 6.50. The van der Waals surface area contributed by atoms with E-state index < -0.39 is 5.25 Å². The maximum Gasteiger partial charge on any atom is 0.242 e. The summed E-state index contributed by atoms with van der Waals surface area (Å²) in [6.07, 6.45) is 0. The molecule has 6 nitrogen and oxygen atoms in total. The molecule has 1 aromatic heterocycles. The van der Waals surface area contributed by atoms with Crippen LogP contribution in [0.4, 0.5) is 10.1 Å². The molecule has 0 aliphatic rings. The van der Waals surface area contributed by atoms with Crippen molar-refractivity contribution in [3.05, 3.63) is 89.2 Å². The highest BCUT2D eigenvalue weighted by Crippen LogP contribution is 2.37. The van der Waals surface area contributed by atoms with Crippen molar-refractivity contribution < 1.29 is 13.9 Å². The molecule has 1 unspecified atom stereocenters. The van der Waals surface area contributed by atoms with Crippen molar-refractivity contribution in [1.29, 1.82) is 0 Å². The molecule has 33 heavy (non-hydrogen) atoms. The van der Waals surface area contributed by atoms with Gasteiger partial charge in [-0.3, -0.25) is 4.79 Å². The molecule has 0 saturated carbocycles. The number of aromatic nitrogens is 3. The summed E-state index contributed by atoms with van der Waals surface area (Å²) in [5, 5.41) is 11.8. The molecule has 1 heterocycles. The van der Waals surface area contributed by atoms with Gasteiger partial charge in [-0.25, -0.2) is 4.39 Å². The number of thioether (sulfide) groups is 1. The van der Waals surface area contributed by atoms with E-state index in [1.54, 1.807) is 34.9 Å². The Bertz CT molecular complexity index is 1270. The van der Waals surface area contributed by atoms with Crippen LogP contribution in [0.25, 0.3) is 11.4 Å². The summed E-state index contributed by atoms with van der Waals surface area (Å²) in [6.45, 7) is 0. The second-order valence-electron chi connectivity index (χ2n) is 7.12. The molecule has 0 aliphatic heterocycles. The van der Waals surface area contributed by atoms with Crippen LogP contribution in [0.5, 0.6) is 5.75 Å². The van der Waals surface area contributed by atoms with Crippen LogP contribution in [0, 0.1) is 5.82 Å². The fourth-order valence-corrected chi connectivity index (χ4v) is 4.49. The molecule has 0 fully saturated rings. The number of anilines is 1. The van der Waals surface area contributed by atoms with Crippen LogP contribution in [0.2, 0.25) is 5.02 Å². The molecule has 1 atom stereocenters. The Labute approximate surface area is 199 Å². The lowest BCUT2D eigenvalue weighted by molar-refractivity contribution is -0.115. The number of rotatable bonds is 7. The molecule has 0 bridgehead atoms. The standard InChI is InChI=1S/C24H20ClFN4O2S/c1-30-22(16-8-10-17(26)11-9-16)28-29-24(30)33-21(15-6-4-3-5-7-15)23(31)27-18-12-13-20(32-2)19(25)14-18/h3-14,21H,1-2H3,(H,27,31). The predicted octanol–water partition coefficient (Wildman–Crippen LogP) is 5.76. The van der Waals surface area contributed by atoms with Crippen LogP contribution >= 0.6 is 23.4 Å². The Balaban J connectivity index is 1.61. The number of carbonyl (C=O) groups is 1. The average molecular weight is 483 g/mol. The van der Waals surface area contributed by atoms with E-state index in [1.165, 1.54) is 31.0 Å². The third kappa shape index (κ3) is 5.18. The van der Waals surface area contributed by atoms with Crippen molar-refractivity contribution in [2.24, 2.45) is 7.05 Å². The highest BCUT2D eigenvalue weighted by molar-refractivity contribution is 8.00. The first kappa shape index (κ1) is 22.8. The van der Waals surface area contributed by atoms with Gasteiger partial charge in [-0.15, -0.1) is 10.2 Å². The summed E-state index contributed by atoms with van der Waals surface area (Å²) in [6, 6.07) is 20.5. The molecule has 1 amide bonds. The zero-order valence-corrected chi connectivity index (χ0v) is 19.4. The maximum absolute atomic E-state index is 13.3. The molecule has 9 heteroatoms. The zero-order valence-electron chi connectivity index (χ0n) is 17.8. The van der Waals surface area contributed by atoms with Gasteiger partial charge in [0.15, 0.2) is 11.0 Å². The second-order valence-corrected chi connectivity index (χ2v) is 8.60. The van der Waals surface area contributed by atoms with Crippen LogP contribution in [0.3, 0.4) is 0 Å². The highest BCUT2D eigenvalue weighted by atomic mass is 35.5. The van der Waals surface area contributed by atoms with Crippen molar-refractivity contribution in [3.8, 4) is 17.1 Å². The Morgan fingerprint density at radius 2 is 1.82 bits per heavy atom. The third-order valence-electron chi connectivity index (χ3n) is 4.92. The minimum Gasteiger partial charge on any atom is -0.495 e. The summed E-state index contributed by atoms with van der Waals surface area (Å²) in [5.41, 5.74) is 2.09. The van der Waals surface area contributed by atoms with E-state index in [0.29, 0.717) is 27.4 Å². The Hall–Kier alpha value is -3.36. The van der Waals surface area contributed by atoms with Crippen molar-refractivity contribution in [2.75, 3.05) is 12.4 Å². The normalized spacial score (nSPS) is 11.8. The molecule has 168 valence electrons. The summed E-state index contributed by atoms with van der Waals surface area (Å²) < 4.78 is 20.3. The number of hydrogen-bond donors (Lipinski definition) is 1. The van der Waals surface area contributed by atoms with E-state index in [-0.39, 0.29) is 11.7 Å². The van der Waals surface area contributed by atoms with E-state index in [4.69, 9.17) is 16.3 Å². The summed E-state index contributed by atoms with van der Waals surface area (Å²) >= 11 is 7.48. The Morgan fingerprint density at radius 1 is 1.09 bits per heavy atom. The molecule has 1 N–H and O–H groups in total. The number of hydrogen-bond acceptors (Lipinski definition) is 5. The van der Waals surface area contributed by atoms with Gasteiger partial charge in [0.25, 0.3) is 0 Å². The van der Waals surface area contributed by atoms with E-state index in [1.807, 2.05) is 37.4 Å². The number of halogens is 2. The van der Waals surface area contributed by atoms with Crippen LogP contribution in [0.1, 0.15) is 10.8 Å². The number of amides is 1. The average Bonchev–Trinajstić information content (AvgIpc) is 3.18. The first-order valence-electron chi connectivity index (χ1n) is 9.97. The summed E-state index contributed by atoms with van der Waals surface area (Å²) in [5.74, 6) is 0.538. The number of nitrogens with one attached hydrogen (secondary N) is 1. The molecule has 0 spiro atoms. The van der Waals surface area contributed by atoms with E-state index in [0.717, 1.165) is 11.1 Å². The summed E-state index contributed by atoms with van der Waals surface area (Å²) in [4.78, 5) is 13.3. The zero-order chi connectivity index (χ0) is 23.4. The molecule has 0 saturated heterocycles. The number of ether oxygens (including phenoxy) is 1. The lowest BCUT2D eigenvalue weighted by Gasteiger charge is -2.17. The van der Waals surface area contributed by atoms with Crippen molar-refractivity contribution >= 4 is 35.0 Å². The van der Waals surface area contributed by atoms with E-state index >= 15 is 0 Å². The molecule has 0 radical (unpaired) electrons. The van der Waals surface area contributed by atoms with Gasteiger partial charge in [0.1, 0.15) is 16.8 Å². The van der Waals surface area contributed by atoms with Gasteiger partial charge in [-0.2, -0.15) is 0 Å². The SMILES string of the molecule is COc1ccc(NC(=O)C(Sc2nnc(-c3ccc(F)cc3)n2C)c2ccccc2)cc1Cl. The van der Waals surface area contributed by atoms with Crippen LogP contribution in [-0.2, 0) is 11.8 Å². The monoisotopic (exact) mass is 482 g/mol. The summed E-state index contributed by atoms with van der Waals surface area (Å²) in [7, 11) is 3.34. The van der Waals surface area contributed by atoms with E-state index in [9.17, 15) is 9.18 Å². The van der Waals surface area contributed by atoms with Crippen LogP contribution in [-0.4, -0.2) is 27.8 Å². The maximum atomic E-state index is 13.3. The van der Waals surface area contributed by atoms with Gasteiger partial charge in [0.2, 0.25) is 5.91 Å². The largest absolute Gasteiger partial charge is 0.495 e.